The highest BCUT2D eigenvalue weighted by Gasteiger charge is 2.58. The SMILES string of the molecule is COC(=O)C1=C(c2ccc(C)cc2)[C@@H]2[C@H]3CC[C@H](C3)[C@H]12. The van der Waals surface area contributed by atoms with Crippen molar-refractivity contribution < 1.29 is 9.53 Å². The summed E-state index contributed by atoms with van der Waals surface area (Å²) in [6, 6.07) is 8.60. The fraction of sp³-hybridized carbons (Fsp3) is 0.500. The summed E-state index contributed by atoms with van der Waals surface area (Å²) in [6.45, 7) is 2.10. The van der Waals surface area contributed by atoms with Crippen molar-refractivity contribution in [2.75, 3.05) is 7.11 Å². The Balaban J connectivity index is 1.81. The average Bonchev–Trinajstić information content (AvgIpc) is 2.99. The van der Waals surface area contributed by atoms with Gasteiger partial charge in [-0.15, -0.1) is 0 Å². The molecular formula is C18H20O2. The van der Waals surface area contributed by atoms with Crippen molar-refractivity contribution in [2.45, 2.75) is 26.2 Å². The number of carbonyl (C=O) groups is 1. The molecule has 0 spiro atoms. The van der Waals surface area contributed by atoms with E-state index in [0.717, 1.165) is 17.4 Å². The van der Waals surface area contributed by atoms with Gasteiger partial charge in [0, 0.05) is 11.5 Å². The van der Waals surface area contributed by atoms with Gasteiger partial charge in [0.25, 0.3) is 0 Å². The zero-order valence-electron chi connectivity index (χ0n) is 12.1. The normalized spacial score (nSPS) is 33.9. The second kappa shape index (κ2) is 4.21. The number of carbonyl (C=O) groups excluding carboxylic acids is 1. The number of fused-ring (bicyclic) bond motifs is 5. The van der Waals surface area contributed by atoms with E-state index >= 15 is 0 Å². The van der Waals surface area contributed by atoms with Gasteiger partial charge in [-0.3, -0.25) is 0 Å². The lowest BCUT2D eigenvalue weighted by Gasteiger charge is -2.44. The van der Waals surface area contributed by atoms with Crippen LogP contribution in [0.3, 0.4) is 0 Å². The summed E-state index contributed by atoms with van der Waals surface area (Å²) >= 11 is 0. The number of esters is 1. The number of allylic oxidation sites excluding steroid dienone is 1. The molecule has 2 fully saturated rings. The van der Waals surface area contributed by atoms with Crippen LogP contribution in [0.2, 0.25) is 0 Å². The molecular weight excluding hydrogens is 248 g/mol. The van der Waals surface area contributed by atoms with Gasteiger partial charge in [0.1, 0.15) is 0 Å². The van der Waals surface area contributed by atoms with Gasteiger partial charge in [-0.05, 0) is 55.1 Å². The first-order chi connectivity index (χ1) is 9.70. The quantitative estimate of drug-likeness (QED) is 0.766. The topological polar surface area (TPSA) is 26.3 Å². The standard InChI is InChI=1S/C18H20O2/c1-10-3-5-11(6-4-10)14-15-12-7-8-13(9-12)16(15)17(14)18(19)20-2/h3-6,12-13,15-16H,7-9H2,1-2H3/t12-,13+,15-,16-/m0/s1. The van der Waals surface area contributed by atoms with E-state index < -0.39 is 0 Å². The van der Waals surface area contributed by atoms with Gasteiger partial charge < -0.3 is 4.74 Å². The Bertz CT molecular complexity index is 596. The Labute approximate surface area is 119 Å². The van der Waals surface area contributed by atoms with Crippen LogP contribution >= 0.6 is 0 Å². The lowest BCUT2D eigenvalue weighted by Crippen LogP contribution is -2.38. The number of rotatable bonds is 2. The van der Waals surface area contributed by atoms with Gasteiger partial charge in [-0.1, -0.05) is 29.8 Å². The second-order valence-corrected chi connectivity index (χ2v) is 6.57. The maximum atomic E-state index is 12.2. The third-order valence-electron chi connectivity index (χ3n) is 5.64. The highest BCUT2D eigenvalue weighted by molar-refractivity contribution is 6.03. The minimum absolute atomic E-state index is 0.102. The molecule has 104 valence electrons. The van der Waals surface area contributed by atoms with E-state index in [2.05, 4.69) is 31.2 Å². The third kappa shape index (κ3) is 1.48. The zero-order chi connectivity index (χ0) is 13.9. The largest absolute Gasteiger partial charge is 0.466 e. The predicted octanol–water partition coefficient (Wildman–Crippen LogP) is 3.60. The van der Waals surface area contributed by atoms with Gasteiger partial charge in [0.15, 0.2) is 0 Å². The number of methoxy groups -OCH3 is 1. The first kappa shape index (κ1) is 12.2. The van der Waals surface area contributed by atoms with E-state index in [1.165, 1.54) is 43.1 Å². The van der Waals surface area contributed by atoms with Gasteiger partial charge in [-0.2, -0.15) is 0 Å². The summed E-state index contributed by atoms with van der Waals surface area (Å²) in [5.74, 6) is 2.53. The summed E-state index contributed by atoms with van der Waals surface area (Å²) in [6.07, 6.45) is 3.95. The maximum absolute atomic E-state index is 12.2. The highest BCUT2D eigenvalue weighted by atomic mass is 16.5. The molecule has 2 nitrogen and oxygen atoms in total. The van der Waals surface area contributed by atoms with Crippen LogP contribution in [0.15, 0.2) is 29.8 Å². The van der Waals surface area contributed by atoms with Crippen LogP contribution in [0.4, 0.5) is 0 Å². The van der Waals surface area contributed by atoms with Crippen LogP contribution in [-0.2, 0) is 9.53 Å². The second-order valence-electron chi connectivity index (χ2n) is 6.57. The highest BCUT2D eigenvalue weighted by Crippen LogP contribution is 2.66. The molecule has 0 unspecified atom stereocenters. The van der Waals surface area contributed by atoms with Crippen LogP contribution in [-0.4, -0.2) is 13.1 Å². The smallest absolute Gasteiger partial charge is 0.334 e. The summed E-state index contributed by atoms with van der Waals surface area (Å²) in [5, 5.41) is 0. The number of benzene rings is 1. The number of hydrogen-bond donors (Lipinski definition) is 0. The molecule has 1 aromatic rings. The summed E-state index contributed by atoms with van der Waals surface area (Å²) in [5.41, 5.74) is 4.75. The lowest BCUT2D eigenvalue weighted by atomic mass is 9.59. The first-order valence-corrected chi connectivity index (χ1v) is 7.60. The molecule has 0 amide bonds. The van der Waals surface area contributed by atoms with E-state index in [4.69, 9.17) is 4.74 Å². The lowest BCUT2D eigenvalue weighted by molar-refractivity contribution is -0.137. The Morgan fingerprint density at radius 2 is 1.75 bits per heavy atom. The third-order valence-corrected chi connectivity index (χ3v) is 5.64. The molecule has 0 aromatic heterocycles. The molecule has 0 saturated heterocycles. The Morgan fingerprint density at radius 3 is 2.40 bits per heavy atom. The minimum atomic E-state index is -0.102. The summed E-state index contributed by atoms with van der Waals surface area (Å²) in [4.78, 5) is 12.2. The van der Waals surface area contributed by atoms with Crippen LogP contribution in [0.1, 0.15) is 30.4 Å². The van der Waals surface area contributed by atoms with Crippen LogP contribution in [0.25, 0.3) is 5.57 Å². The van der Waals surface area contributed by atoms with Gasteiger partial charge >= 0.3 is 5.97 Å². The number of hydrogen-bond acceptors (Lipinski definition) is 2. The number of aryl methyl sites for hydroxylation is 1. The molecule has 0 radical (unpaired) electrons. The fourth-order valence-electron chi connectivity index (χ4n) is 4.82. The molecule has 4 rings (SSSR count). The molecule has 0 heterocycles. The van der Waals surface area contributed by atoms with E-state index in [0.29, 0.717) is 11.8 Å². The van der Waals surface area contributed by atoms with Crippen LogP contribution in [0.5, 0.6) is 0 Å². The van der Waals surface area contributed by atoms with Crippen molar-refractivity contribution in [3.8, 4) is 0 Å². The Morgan fingerprint density at radius 1 is 1.10 bits per heavy atom. The Hall–Kier alpha value is -1.57. The maximum Gasteiger partial charge on any atom is 0.334 e. The molecule has 2 saturated carbocycles. The molecule has 3 aliphatic rings. The van der Waals surface area contributed by atoms with Gasteiger partial charge in [-0.25, -0.2) is 4.79 Å². The molecule has 2 bridgehead atoms. The van der Waals surface area contributed by atoms with Crippen molar-refractivity contribution in [1.29, 1.82) is 0 Å². The van der Waals surface area contributed by atoms with E-state index in [9.17, 15) is 4.79 Å². The first-order valence-electron chi connectivity index (χ1n) is 7.60. The molecule has 3 aliphatic carbocycles. The predicted molar refractivity (Wildman–Crippen MR) is 77.9 cm³/mol. The fourth-order valence-corrected chi connectivity index (χ4v) is 4.82. The molecule has 4 atom stereocenters. The summed E-state index contributed by atoms with van der Waals surface area (Å²) in [7, 11) is 1.50. The van der Waals surface area contributed by atoms with Gasteiger partial charge in [0.2, 0.25) is 0 Å². The van der Waals surface area contributed by atoms with Crippen molar-refractivity contribution in [3.63, 3.8) is 0 Å². The van der Waals surface area contributed by atoms with Gasteiger partial charge in [0.05, 0.1) is 7.11 Å². The molecule has 2 heteroatoms. The molecule has 1 aromatic carbocycles. The molecule has 0 N–H and O–H groups in total. The van der Waals surface area contributed by atoms with E-state index in [-0.39, 0.29) is 5.97 Å². The zero-order valence-corrected chi connectivity index (χ0v) is 12.1. The average molecular weight is 268 g/mol. The van der Waals surface area contributed by atoms with E-state index in [1.54, 1.807) is 0 Å². The van der Waals surface area contributed by atoms with Crippen molar-refractivity contribution in [3.05, 3.63) is 41.0 Å². The van der Waals surface area contributed by atoms with Crippen molar-refractivity contribution in [2.24, 2.45) is 23.7 Å². The Kier molecular flexibility index (Phi) is 2.57. The monoisotopic (exact) mass is 268 g/mol. The van der Waals surface area contributed by atoms with E-state index in [1.807, 2.05) is 0 Å². The van der Waals surface area contributed by atoms with Crippen LogP contribution in [0, 0.1) is 30.6 Å². The number of ether oxygens (including phenoxy) is 1. The van der Waals surface area contributed by atoms with Crippen molar-refractivity contribution in [1.82, 2.24) is 0 Å². The van der Waals surface area contributed by atoms with Crippen LogP contribution < -0.4 is 0 Å². The molecule has 0 aliphatic heterocycles. The summed E-state index contributed by atoms with van der Waals surface area (Å²) < 4.78 is 5.05. The minimum Gasteiger partial charge on any atom is -0.466 e. The molecule has 20 heavy (non-hydrogen) atoms. The van der Waals surface area contributed by atoms with Crippen molar-refractivity contribution >= 4 is 11.5 Å².